The molecule has 6 heteroatoms. The Morgan fingerprint density at radius 3 is 2.47 bits per heavy atom. The van der Waals surface area contributed by atoms with Gasteiger partial charge in [-0.05, 0) is 12.5 Å². The Morgan fingerprint density at radius 1 is 1.29 bits per heavy atom. The lowest BCUT2D eigenvalue weighted by atomic mass is 10.1. The van der Waals surface area contributed by atoms with Crippen LogP contribution in [0.1, 0.15) is 18.5 Å². The van der Waals surface area contributed by atoms with Crippen LogP contribution in [-0.2, 0) is 0 Å². The maximum atomic E-state index is 10.9. The summed E-state index contributed by atoms with van der Waals surface area (Å²) >= 11 is 5.69. The average molecular weight is 251 g/mol. The van der Waals surface area contributed by atoms with Crippen molar-refractivity contribution in [1.82, 2.24) is 9.97 Å². The second-order valence-corrected chi connectivity index (χ2v) is 4.02. The van der Waals surface area contributed by atoms with Gasteiger partial charge in [0.1, 0.15) is 0 Å². The summed E-state index contributed by atoms with van der Waals surface area (Å²) in [5, 5.41) is 14.5. The number of hydrogen-bond donors (Lipinski definition) is 1. The van der Waals surface area contributed by atoms with Crippen molar-refractivity contribution in [1.29, 1.82) is 0 Å². The van der Waals surface area contributed by atoms with E-state index in [9.17, 15) is 5.21 Å². The van der Waals surface area contributed by atoms with E-state index in [2.05, 4.69) is 15.3 Å². The summed E-state index contributed by atoms with van der Waals surface area (Å²) in [5.41, 5.74) is 0.982. The molecule has 1 N–H and O–H groups in total. The van der Waals surface area contributed by atoms with Gasteiger partial charge in [0.25, 0.3) is 0 Å². The van der Waals surface area contributed by atoms with Crippen molar-refractivity contribution in [2.24, 2.45) is 0 Å². The first-order chi connectivity index (χ1) is 8.15. The van der Waals surface area contributed by atoms with Crippen molar-refractivity contribution in [2.45, 2.75) is 13.0 Å². The molecule has 2 aromatic rings. The Balaban J connectivity index is 2.08. The van der Waals surface area contributed by atoms with Crippen LogP contribution in [0.4, 0.5) is 5.95 Å². The first-order valence-corrected chi connectivity index (χ1v) is 5.46. The zero-order valence-electron chi connectivity index (χ0n) is 9.17. The molecule has 2 rings (SSSR count). The van der Waals surface area contributed by atoms with Gasteiger partial charge in [-0.15, -0.1) is 0 Å². The number of pyridine rings is 1. The minimum Gasteiger partial charge on any atom is -0.619 e. The van der Waals surface area contributed by atoms with E-state index >= 15 is 0 Å². The van der Waals surface area contributed by atoms with E-state index in [4.69, 9.17) is 11.6 Å². The molecule has 2 heterocycles. The highest BCUT2D eigenvalue weighted by molar-refractivity contribution is 6.30. The van der Waals surface area contributed by atoms with Gasteiger partial charge in [-0.1, -0.05) is 11.6 Å². The van der Waals surface area contributed by atoms with Crippen molar-refractivity contribution in [3.63, 3.8) is 0 Å². The molecule has 0 saturated heterocycles. The predicted molar refractivity (Wildman–Crippen MR) is 64.5 cm³/mol. The zero-order chi connectivity index (χ0) is 12.3. The molecule has 17 heavy (non-hydrogen) atoms. The van der Waals surface area contributed by atoms with E-state index in [1.165, 1.54) is 24.8 Å². The molecule has 1 atom stereocenters. The molecule has 0 aliphatic heterocycles. The van der Waals surface area contributed by atoms with Gasteiger partial charge in [0, 0.05) is 12.1 Å². The van der Waals surface area contributed by atoms with Crippen molar-refractivity contribution in [3.8, 4) is 0 Å². The van der Waals surface area contributed by atoms with E-state index in [-0.39, 0.29) is 6.04 Å². The number of rotatable bonds is 3. The molecule has 0 radical (unpaired) electrons. The van der Waals surface area contributed by atoms with Crippen LogP contribution in [0.15, 0.2) is 36.9 Å². The van der Waals surface area contributed by atoms with Gasteiger partial charge < -0.3 is 10.5 Å². The summed E-state index contributed by atoms with van der Waals surface area (Å²) in [5.74, 6) is 0.501. The van der Waals surface area contributed by atoms with Gasteiger partial charge >= 0.3 is 0 Å². The van der Waals surface area contributed by atoms with Crippen LogP contribution in [0.5, 0.6) is 0 Å². The lowest BCUT2D eigenvalue weighted by Gasteiger charge is -2.13. The summed E-state index contributed by atoms with van der Waals surface area (Å²) in [6, 6.07) is 3.51. The monoisotopic (exact) mass is 250 g/mol. The lowest BCUT2D eigenvalue weighted by Crippen LogP contribution is -2.24. The van der Waals surface area contributed by atoms with E-state index in [0.717, 1.165) is 10.3 Å². The predicted octanol–water partition coefficient (Wildman–Crippen LogP) is 1.94. The van der Waals surface area contributed by atoms with Crippen molar-refractivity contribution in [3.05, 3.63) is 52.7 Å². The molecule has 0 fully saturated rings. The van der Waals surface area contributed by atoms with Gasteiger partial charge in [0.05, 0.1) is 23.5 Å². The molecule has 0 aliphatic rings. The highest BCUT2D eigenvalue weighted by Crippen LogP contribution is 2.15. The van der Waals surface area contributed by atoms with Crippen LogP contribution < -0.4 is 10.0 Å². The summed E-state index contributed by atoms with van der Waals surface area (Å²) in [6.07, 6.45) is 5.97. The summed E-state index contributed by atoms with van der Waals surface area (Å²) in [6.45, 7) is 1.96. The molecular weight excluding hydrogens is 240 g/mol. The Bertz CT molecular complexity index is 486. The van der Waals surface area contributed by atoms with Gasteiger partial charge in [-0.2, -0.15) is 4.73 Å². The smallest absolute Gasteiger partial charge is 0.223 e. The molecular formula is C11H11ClN4O. The van der Waals surface area contributed by atoms with Gasteiger partial charge in [-0.25, -0.2) is 9.97 Å². The Kier molecular flexibility index (Phi) is 3.39. The number of nitrogens with one attached hydrogen (secondary N) is 1. The average Bonchev–Trinajstić information content (AvgIpc) is 2.33. The topological polar surface area (TPSA) is 64.8 Å². The molecule has 0 spiro atoms. The zero-order valence-corrected chi connectivity index (χ0v) is 9.93. The lowest BCUT2D eigenvalue weighted by molar-refractivity contribution is -0.605. The fourth-order valence-electron chi connectivity index (χ4n) is 1.38. The number of anilines is 1. The first kappa shape index (κ1) is 11.6. The molecule has 5 nitrogen and oxygen atoms in total. The van der Waals surface area contributed by atoms with Crippen LogP contribution in [0.3, 0.4) is 0 Å². The highest BCUT2D eigenvalue weighted by atomic mass is 35.5. The third-order valence-corrected chi connectivity index (χ3v) is 2.49. The number of halogens is 1. The molecule has 1 unspecified atom stereocenters. The Morgan fingerprint density at radius 2 is 1.88 bits per heavy atom. The van der Waals surface area contributed by atoms with Crippen LogP contribution in [-0.4, -0.2) is 9.97 Å². The third-order valence-electron chi connectivity index (χ3n) is 2.29. The molecule has 0 aliphatic carbocycles. The van der Waals surface area contributed by atoms with E-state index in [0.29, 0.717) is 11.0 Å². The number of nitrogens with zero attached hydrogens (tertiary/aromatic N) is 3. The first-order valence-electron chi connectivity index (χ1n) is 5.08. The quantitative estimate of drug-likeness (QED) is 0.668. The summed E-state index contributed by atoms with van der Waals surface area (Å²) < 4.78 is 0.745. The van der Waals surface area contributed by atoms with Crippen LogP contribution in [0.25, 0.3) is 0 Å². The Hall–Kier alpha value is -1.88. The van der Waals surface area contributed by atoms with E-state index in [1.54, 1.807) is 12.1 Å². The Labute approximate surface area is 104 Å². The molecule has 0 amide bonds. The highest BCUT2D eigenvalue weighted by Gasteiger charge is 2.07. The number of hydrogen-bond acceptors (Lipinski definition) is 4. The molecule has 0 saturated carbocycles. The standard InChI is InChI=1S/C11H11ClN4O/c1-8(9-2-4-16(17)5-3-9)15-11-13-6-10(12)7-14-11/h2-8H,1H3,(H,13,14,15). The van der Waals surface area contributed by atoms with Crippen molar-refractivity contribution in [2.75, 3.05) is 5.32 Å². The van der Waals surface area contributed by atoms with Crippen molar-refractivity contribution >= 4 is 17.5 Å². The normalized spacial score (nSPS) is 12.1. The molecule has 0 bridgehead atoms. The van der Waals surface area contributed by atoms with Gasteiger partial charge in [-0.3, -0.25) is 0 Å². The van der Waals surface area contributed by atoms with Crippen LogP contribution in [0, 0.1) is 5.21 Å². The fraction of sp³-hybridized carbons (Fsp3) is 0.182. The van der Waals surface area contributed by atoms with Gasteiger partial charge in [0.2, 0.25) is 5.95 Å². The minimum absolute atomic E-state index is 0.0115. The summed E-state index contributed by atoms with van der Waals surface area (Å²) in [4.78, 5) is 8.08. The second-order valence-electron chi connectivity index (χ2n) is 3.58. The molecule has 0 aromatic carbocycles. The van der Waals surface area contributed by atoms with Crippen LogP contribution in [0.2, 0.25) is 5.02 Å². The fourth-order valence-corrected chi connectivity index (χ4v) is 1.47. The number of aromatic nitrogens is 3. The minimum atomic E-state index is 0.0115. The van der Waals surface area contributed by atoms with Gasteiger partial charge in [0.15, 0.2) is 12.4 Å². The molecule has 88 valence electrons. The third kappa shape index (κ3) is 3.04. The maximum Gasteiger partial charge on any atom is 0.223 e. The van der Waals surface area contributed by atoms with Crippen LogP contribution >= 0.6 is 11.6 Å². The molecule has 2 aromatic heterocycles. The second kappa shape index (κ2) is 4.97. The van der Waals surface area contributed by atoms with E-state index < -0.39 is 0 Å². The van der Waals surface area contributed by atoms with Crippen molar-refractivity contribution < 1.29 is 4.73 Å². The maximum absolute atomic E-state index is 10.9. The summed E-state index contributed by atoms with van der Waals surface area (Å²) in [7, 11) is 0. The largest absolute Gasteiger partial charge is 0.619 e. The van der Waals surface area contributed by atoms with E-state index in [1.807, 2.05) is 6.92 Å². The SMILES string of the molecule is CC(Nc1ncc(Cl)cn1)c1cc[n+]([O-])cc1.